The lowest BCUT2D eigenvalue weighted by Gasteiger charge is -2.19. The van der Waals surface area contributed by atoms with Gasteiger partial charge >= 0.3 is 0 Å². The Hall–Kier alpha value is -3.28. The average molecular weight is 349 g/mol. The molecule has 132 valence electrons. The Bertz CT molecular complexity index is 954. The molecule has 0 fully saturated rings. The van der Waals surface area contributed by atoms with Crippen LogP contribution in [0.25, 0.3) is 5.69 Å². The molecule has 4 rings (SSSR count). The SMILES string of the molecule is O=c1c(NCCc2ccccc2)nccn1-c1ccc2c(c1)OCCO2. The smallest absolute Gasteiger partial charge is 0.297 e. The summed E-state index contributed by atoms with van der Waals surface area (Å²) in [5.74, 6) is 1.68. The third kappa shape index (κ3) is 3.39. The molecule has 0 atom stereocenters. The number of ether oxygens (including phenoxy) is 2. The Morgan fingerprint density at radius 1 is 1.04 bits per heavy atom. The first-order valence-electron chi connectivity index (χ1n) is 8.57. The molecular formula is C20H19N3O3. The van der Waals surface area contributed by atoms with Crippen molar-refractivity contribution in [3.05, 3.63) is 76.8 Å². The molecule has 1 aliphatic heterocycles. The van der Waals surface area contributed by atoms with Crippen molar-refractivity contribution in [3.63, 3.8) is 0 Å². The van der Waals surface area contributed by atoms with E-state index in [1.54, 1.807) is 17.0 Å². The molecule has 6 heteroatoms. The molecule has 0 spiro atoms. The number of benzene rings is 2. The third-order valence-electron chi connectivity index (χ3n) is 4.19. The van der Waals surface area contributed by atoms with Crippen molar-refractivity contribution in [2.24, 2.45) is 0 Å². The fourth-order valence-electron chi connectivity index (χ4n) is 2.89. The van der Waals surface area contributed by atoms with Crippen LogP contribution in [0.1, 0.15) is 5.56 Å². The summed E-state index contributed by atoms with van der Waals surface area (Å²) in [6.07, 6.45) is 4.08. The van der Waals surface area contributed by atoms with E-state index in [4.69, 9.17) is 9.47 Å². The highest BCUT2D eigenvalue weighted by atomic mass is 16.6. The van der Waals surface area contributed by atoms with Gasteiger partial charge in [0.15, 0.2) is 17.3 Å². The van der Waals surface area contributed by atoms with Crippen LogP contribution < -0.4 is 20.3 Å². The second-order valence-corrected chi connectivity index (χ2v) is 5.94. The van der Waals surface area contributed by atoms with Gasteiger partial charge in [-0.1, -0.05) is 30.3 Å². The molecule has 2 heterocycles. The highest BCUT2D eigenvalue weighted by Gasteiger charge is 2.14. The molecule has 1 aromatic heterocycles. The molecule has 0 amide bonds. The van der Waals surface area contributed by atoms with E-state index in [0.29, 0.717) is 42.8 Å². The first-order valence-corrected chi connectivity index (χ1v) is 8.57. The molecule has 1 N–H and O–H groups in total. The van der Waals surface area contributed by atoms with Gasteiger partial charge in [0.25, 0.3) is 5.56 Å². The summed E-state index contributed by atoms with van der Waals surface area (Å²) in [6.45, 7) is 1.68. The lowest BCUT2D eigenvalue weighted by atomic mass is 10.1. The monoisotopic (exact) mass is 349 g/mol. The van der Waals surface area contributed by atoms with Gasteiger partial charge in [-0.2, -0.15) is 0 Å². The molecule has 1 aliphatic rings. The summed E-state index contributed by atoms with van der Waals surface area (Å²) >= 11 is 0. The summed E-state index contributed by atoms with van der Waals surface area (Å²) < 4.78 is 12.7. The largest absolute Gasteiger partial charge is 0.486 e. The number of nitrogens with one attached hydrogen (secondary N) is 1. The lowest BCUT2D eigenvalue weighted by molar-refractivity contribution is 0.171. The standard InChI is InChI=1S/C20H19N3O3/c24-20-19(21-9-8-15-4-2-1-3-5-15)22-10-11-23(20)16-6-7-17-18(14-16)26-13-12-25-17/h1-7,10-11,14H,8-9,12-13H2,(H,21,22). The zero-order valence-corrected chi connectivity index (χ0v) is 14.2. The molecule has 0 saturated heterocycles. The normalized spacial score (nSPS) is 12.6. The number of fused-ring (bicyclic) bond motifs is 1. The average Bonchev–Trinajstić information content (AvgIpc) is 2.70. The van der Waals surface area contributed by atoms with Crippen molar-refractivity contribution in [2.75, 3.05) is 25.1 Å². The lowest BCUT2D eigenvalue weighted by Crippen LogP contribution is -2.24. The summed E-state index contributed by atoms with van der Waals surface area (Å²) in [6, 6.07) is 15.6. The highest BCUT2D eigenvalue weighted by molar-refractivity contribution is 5.50. The second-order valence-electron chi connectivity index (χ2n) is 5.94. The minimum atomic E-state index is -0.197. The van der Waals surface area contributed by atoms with E-state index in [0.717, 1.165) is 6.42 Å². The fourth-order valence-corrected chi connectivity index (χ4v) is 2.89. The Morgan fingerprint density at radius 3 is 2.69 bits per heavy atom. The van der Waals surface area contributed by atoms with Crippen molar-refractivity contribution in [1.29, 1.82) is 0 Å². The van der Waals surface area contributed by atoms with E-state index >= 15 is 0 Å². The summed E-state index contributed by atoms with van der Waals surface area (Å²) in [4.78, 5) is 16.9. The molecule has 0 bridgehead atoms. The number of anilines is 1. The molecule has 2 aromatic carbocycles. The summed E-state index contributed by atoms with van der Waals surface area (Å²) in [7, 11) is 0. The zero-order valence-electron chi connectivity index (χ0n) is 14.2. The van der Waals surface area contributed by atoms with Crippen LogP contribution in [0.3, 0.4) is 0 Å². The number of hydrogen-bond acceptors (Lipinski definition) is 5. The molecule has 6 nitrogen and oxygen atoms in total. The van der Waals surface area contributed by atoms with E-state index in [2.05, 4.69) is 22.4 Å². The van der Waals surface area contributed by atoms with E-state index in [-0.39, 0.29) is 5.56 Å². The molecule has 0 radical (unpaired) electrons. The van der Waals surface area contributed by atoms with Crippen LogP contribution in [0, 0.1) is 0 Å². The van der Waals surface area contributed by atoms with Gasteiger partial charge in [-0.3, -0.25) is 9.36 Å². The van der Waals surface area contributed by atoms with Crippen molar-refractivity contribution >= 4 is 5.82 Å². The van der Waals surface area contributed by atoms with Crippen molar-refractivity contribution in [1.82, 2.24) is 9.55 Å². The third-order valence-corrected chi connectivity index (χ3v) is 4.19. The van der Waals surface area contributed by atoms with Gasteiger partial charge in [0.1, 0.15) is 13.2 Å². The van der Waals surface area contributed by atoms with Crippen molar-refractivity contribution in [2.45, 2.75) is 6.42 Å². The van der Waals surface area contributed by atoms with Crippen molar-refractivity contribution in [3.8, 4) is 17.2 Å². The van der Waals surface area contributed by atoms with Crippen molar-refractivity contribution < 1.29 is 9.47 Å². The van der Waals surface area contributed by atoms with E-state index in [1.807, 2.05) is 36.4 Å². The summed E-state index contributed by atoms with van der Waals surface area (Å²) in [5, 5.41) is 3.13. The van der Waals surface area contributed by atoms with Gasteiger partial charge in [-0.15, -0.1) is 0 Å². The Balaban J connectivity index is 1.53. The predicted octanol–water partition coefficient (Wildman–Crippen LogP) is 2.66. The molecule has 0 aliphatic carbocycles. The Labute approximate surface area is 151 Å². The molecule has 0 saturated carbocycles. The van der Waals surface area contributed by atoms with Crippen LogP contribution in [-0.4, -0.2) is 29.3 Å². The van der Waals surface area contributed by atoms with Gasteiger partial charge in [-0.05, 0) is 24.1 Å². The minimum absolute atomic E-state index is 0.197. The first kappa shape index (κ1) is 16.2. The topological polar surface area (TPSA) is 65.4 Å². The molecular weight excluding hydrogens is 330 g/mol. The Morgan fingerprint density at radius 2 is 1.85 bits per heavy atom. The van der Waals surface area contributed by atoms with Gasteiger partial charge in [0, 0.05) is 25.0 Å². The number of nitrogens with zero attached hydrogens (tertiary/aromatic N) is 2. The Kier molecular flexibility index (Phi) is 4.55. The van der Waals surface area contributed by atoms with Crippen LogP contribution in [0.2, 0.25) is 0 Å². The minimum Gasteiger partial charge on any atom is -0.486 e. The van der Waals surface area contributed by atoms with Crippen LogP contribution >= 0.6 is 0 Å². The van der Waals surface area contributed by atoms with Crippen LogP contribution in [0.5, 0.6) is 11.5 Å². The molecule has 3 aromatic rings. The maximum absolute atomic E-state index is 12.7. The quantitative estimate of drug-likeness (QED) is 0.767. The molecule has 26 heavy (non-hydrogen) atoms. The van der Waals surface area contributed by atoms with E-state index < -0.39 is 0 Å². The van der Waals surface area contributed by atoms with Gasteiger partial charge in [0.2, 0.25) is 0 Å². The fraction of sp³-hybridized carbons (Fsp3) is 0.200. The zero-order chi connectivity index (χ0) is 17.8. The number of hydrogen-bond donors (Lipinski definition) is 1. The molecule has 0 unspecified atom stereocenters. The predicted molar refractivity (Wildman–Crippen MR) is 99.5 cm³/mol. The maximum atomic E-state index is 12.7. The maximum Gasteiger partial charge on any atom is 0.297 e. The van der Waals surface area contributed by atoms with Gasteiger partial charge in [-0.25, -0.2) is 4.98 Å². The number of rotatable bonds is 5. The van der Waals surface area contributed by atoms with Gasteiger partial charge in [0.05, 0.1) is 5.69 Å². The van der Waals surface area contributed by atoms with E-state index in [9.17, 15) is 4.79 Å². The van der Waals surface area contributed by atoms with E-state index in [1.165, 1.54) is 5.56 Å². The summed E-state index contributed by atoms with van der Waals surface area (Å²) in [5.41, 5.74) is 1.73. The second kappa shape index (κ2) is 7.31. The first-order chi connectivity index (χ1) is 12.8. The highest BCUT2D eigenvalue weighted by Crippen LogP contribution is 2.31. The van der Waals surface area contributed by atoms with Crippen LogP contribution in [-0.2, 0) is 6.42 Å². The number of aromatic nitrogens is 2. The van der Waals surface area contributed by atoms with Crippen LogP contribution in [0.15, 0.2) is 65.7 Å². The van der Waals surface area contributed by atoms with Crippen LogP contribution in [0.4, 0.5) is 5.82 Å². The van der Waals surface area contributed by atoms with Gasteiger partial charge < -0.3 is 14.8 Å².